The van der Waals surface area contributed by atoms with Crippen LogP contribution >= 0.6 is 0 Å². The normalized spacial score (nSPS) is 14.5. The maximum atomic E-state index is 13.3. The smallest absolute Gasteiger partial charge is 0.223 e. The van der Waals surface area contributed by atoms with Crippen LogP contribution in [0, 0.1) is 29.6 Å². The van der Waals surface area contributed by atoms with Gasteiger partial charge in [0.05, 0.1) is 26.4 Å². The lowest BCUT2D eigenvalue weighted by atomic mass is 9.79. The SMILES string of the molecule is CCCCNC(=O)C(CC)CC(CC(CC(CC(C)C(=O)NCCO)C(=O)NCCO)C(=O)NCCO)C(=O)NCCO. The Kier molecular flexibility index (Phi) is 23.0. The first-order chi connectivity index (χ1) is 20.6. The highest BCUT2D eigenvalue weighted by atomic mass is 16.3. The van der Waals surface area contributed by atoms with Gasteiger partial charge in [0.25, 0.3) is 0 Å². The molecule has 0 heterocycles. The van der Waals surface area contributed by atoms with Gasteiger partial charge in [-0.3, -0.25) is 24.0 Å². The fraction of sp³-hybridized carbons (Fsp3) is 0.828. The molecular weight excluding hydrogens is 562 g/mol. The van der Waals surface area contributed by atoms with E-state index in [1.54, 1.807) is 6.92 Å². The molecule has 5 amide bonds. The average molecular weight is 618 g/mol. The number of aliphatic hydroxyl groups excluding tert-OH is 4. The first-order valence-corrected chi connectivity index (χ1v) is 15.4. The molecular formula is C29H55N5O9. The van der Waals surface area contributed by atoms with Crippen molar-refractivity contribution >= 4 is 29.5 Å². The lowest BCUT2D eigenvalue weighted by Crippen LogP contribution is -2.43. The van der Waals surface area contributed by atoms with Crippen LogP contribution in [0.25, 0.3) is 0 Å². The molecule has 0 aliphatic carbocycles. The minimum Gasteiger partial charge on any atom is -0.395 e. The Morgan fingerprint density at radius 1 is 0.488 bits per heavy atom. The maximum Gasteiger partial charge on any atom is 0.223 e. The van der Waals surface area contributed by atoms with Gasteiger partial charge >= 0.3 is 0 Å². The second-order valence-corrected chi connectivity index (χ2v) is 10.7. The number of unbranched alkanes of at least 4 members (excludes halogenated alkanes) is 1. The highest BCUT2D eigenvalue weighted by Crippen LogP contribution is 2.29. The summed E-state index contributed by atoms with van der Waals surface area (Å²) >= 11 is 0. The van der Waals surface area contributed by atoms with E-state index in [0.717, 1.165) is 12.8 Å². The van der Waals surface area contributed by atoms with Gasteiger partial charge in [0.2, 0.25) is 29.5 Å². The van der Waals surface area contributed by atoms with Gasteiger partial charge in [-0.25, -0.2) is 0 Å². The van der Waals surface area contributed by atoms with Crippen LogP contribution in [-0.4, -0.2) is 109 Å². The van der Waals surface area contributed by atoms with Gasteiger partial charge in [-0.2, -0.15) is 0 Å². The third-order valence-corrected chi connectivity index (χ3v) is 7.24. The number of carbonyl (C=O) groups excluding carboxylic acids is 5. The van der Waals surface area contributed by atoms with Crippen LogP contribution in [0.2, 0.25) is 0 Å². The van der Waals surface area contributed by atoms with Crippen molar-refractivity contribution < 1.29 is 44.4 Å². The number of carbonyl (C=O) groups is 5. The zero-order chi connectivity index (χ0) is 32.6. The molecule has 0 aromatic heterocycles. The van der Waals surface area contributed by atoms with E-state index < -0.39 is 47.3 Å². The molecule has 9 N–H and O–H groups in total. The number of amides is 5. The van der Waals surface area contributed by atoms with Crippen molar-refractivity contribution in [2.45, 2.75) is 65.7 Å². The molecule has 14 heteroatoms. The Bertz CT molecular complexity index is 830. The molecule has 0 saturated heterocycles. The van der Waals surface area contributed by atoms with Gasteiger partial charge < -0.3 is 47.0 Å². The summed E-state index contributed by atoms with van der Waals surface area (Å²) in [6.45, 7) is 4.76. The fourth-order valence-corrected chi connectivity index (χ4v) is 4.81. The fourth-order valence-electron chi connectivity index (χ4n) is 4.81. The average Bonchev–Trinajstić information content (AvgIpc) is 3.00. The van der Waals surface area contributed by atoms with E-state index in [9.17, 15) is 39.3 Å². The van der Waals surface area contributed by atoms with Crippen molar-refractivity contribution in [1.82, 2.24) is 26.6 Å². The maximum absolute atomic E-state index is 13.3. The second kappa shape index (κ2) is 24.6. The molecule has 0 bridgehead atoms. The van der Waals surface area contributed by atoms with Crippen LogP contribution in [0.5, 0.6) is 0 Å². The van der Waals surface area contributed by atoms with Crippen LogP contribution in [0.3, 0.4) is 0 Å². The Labute approximate surface area is 255 Å². The van der Waals surface area contributed by atoms with Crippen molar-refractivity contribution in [1.29, 1.82) is 0 Å². The first-order valence-electron chi connectivity index (χ1n) is 15.4. The highest BCUT2D eigenvalue weighted by molar-refractivity contribution is 5.85. The van der Waals surface area contributed by atoms with Crippen LogP contribution in [0.1, 0.15) is 65.7 Å². The van der Waals surface area contributed by atoms with Gasteiger partial charge in [0, 0.05) is 62.3 Å². The molecule has 14 nitrogen and oxygen atoms in total. The molecule has 5 atom stereocenters. The van der Waals surface area contributed by atoms with Gasteiger partial charge in [-0.15, -0.1) is 0 Å². The van der Waals surface area contributed by atoms with E-state index in [1.165, 1.54) is 0 Å². The summed E-state index contributed by atoms with van der Waals surface area (Å²) in [5.41, 5.74) is 0. The second-order valence-electron chi connectivity index (χ2n) is 10.7. The van der Waals surface area contributed by atoms with E-state index >= 15 is 0 Å². The standard InChI is InChI=1S/C29H55N5O9/c1-4-6-7-30-26(40)21(5-2)17-23(28(42)33-10-14-37)19-24(29(43)34-11-15-38)18-22(27(41)32-9-13-36)16-20(3)25(39)31-8-12-35/h20-24,35-38H,4-19H2,1-3H3,(H,30,40)(H,31,39)(H,32,41)(H,33,42)(H,34,43). The Morgan fingerprint density at radius 3 is 1.19 bits per heavy atom. The molecule has 0 aromatic rings. The monoisotopic (exact) mass is 617 g/mol. The predicted molar refractivity (Wildman–Crippen MR) is 160 cm³/mol. The molecule has 250 valence electrons. The summed E-state index contributed by atoms with van der Waals surface area (Å²) in [4.78, 5) is 65.1. The Balaban J connectivity index is 6.23. The quantitative estimate of drug-likeness (QED) is 0.0537. The molecule has 0 aliphatic heterocycles. The van der Waals surface area contributed by atoms with Crippen molar-refractivity contribution in [3.05, 3.63) is 0 Å². The number of hydrogen-bond donors (Lipinski definition) is 9. The number of rotatable bonds is 25. The number of nitrogens with one attached hydrogen (secondary N) is 5. The third kappa shape index (κ3) is 17.2. The van der Waals surface area contributed by atoms with Gasteiger partial charge in [0.15, 0.2) is 0 Å². The first kappa shape index (κ1) is 40.2. The van der Waals surface area contributed by atoms with Crippen molar-refractivity contribution in [2.75, 3.05) is 59.2 Å². The zero-order valence-electron chi connectivity index (χ0n) is 26.0. The van der Waals surface area contributed by atoms with Crippen LogP contribution < -0.4 is 26.6 Å². The molecule has 0 spiro atoms. The van der Waals surface area contributed by atoms with Crippen molar-refractivity contribution in [3.8, 4) is 0 Å². The largest absolute Gasteiger partial charge is 0.395 e. The Hall–Kier alpha value is -2.81. The molecule has 0 rings (SSSR count). The summed E-state index contributed by atoms with van der Waals surface area (Å²) in [7, 11) is 0. The third-order valence-electron chi connectivity index (χ3n) is 7.24. The van der Waals surface area contributed by atoms with Gasteiger partial charge in [-0.1, -0.05) is 27.2 Å². The van der Waals surface area contributed by atoms with Crippen LogP contribution in [-0.2, 0) is 24.0 Å². The molecule has 0 aliphatic rings. The minimum atomic E-state index is -0.908. The summed E-state index contributed by atoms with van der Waals surface area (Å²) < 4.78 is 0. The van der Waals surface area contributed by atoms with E-state index in [1.807, 2.05) is 13.8 Å². The lowest BCUT2D eigenvalue weighted by molar-refractivity contribution is -0.131. The van der Waals surface area contributed by atoms with E-state index in [0.29, 0.717) is 13.0 Å². The molecule has 43 heavy (non-hydrogen) atoms. The van der Waals surface area contributed by atoms with Crippen LogP contribution in [0.4, 0.5) is 0 Å². The molecule has 0 fully saturated rings. The van der Waals surface area contributed by atoms with E-state index in [-0.39, 0.29) is 90.1 Å². The van der Waals surface area contributed by atoms with Crippen LogP contribution in [0.15, 0.2) is 0 Å². The van der Waals surface area contributed by atoms with Crippen molar-refractivity contribution in [2.24, 2.45) is 29.6 Å². The minimum absolute atomic E-state index is 0.0111. The van der Waals surface area contributed by atoms with E-state index in [4.69, 9.17) is 5.11 Å². The predicted octanol–water partition coefficient (Wildman–Crippen LogP) is -1.59. The zero-order valence-corrected chi connectivity index (χ0v) is 26.0. The molecule has 5 unspecified atom stereocenters. The molecule has 0 aromatic carbocycles. The van der Waals surface area contributed by atoms with Gasteiger partial charge in [0.1, 0.15) is 0 Å². The summed E-state index contributed by atoms with van der Waals surface area (Å²) in [6.07, 6.45) is 2.29. The summed E-state index contributed by atoms with van der Waals surface area (Å²) in [5, 5.41) is 50.1. The molecule has 0 radical (unpaired) electrons. The summed E-state index contributed by atoms with van der Waals surface area (Å²) in [5.74, 6) is -5.72. The number of aliphatic hydroxyl groups is 4. The Morgan fingerprint density at radius 2 is 0.814 bits per heavy atom. The van der Waals surface area contributed by atoms with E-state index in [2.05, 4.69) is 26.6 Å². The lowest BCUT2D eigenvalue weighted by Gasteiger charge is -2.28. The molecule has 0 saturated carbocycles. The van der Waals surface area contributed by atoms with Gasteiger partial charge in [-0.05, 0) is 38.5 Å². The highest BCUT2D eigenvalue weighted by Gasteiger charge is 2.35. The summed E-state index contributed by atoms with van der Waals surface area (Å²) in [6, 6.07) is 0. The number of hydrogen-bond acceptors (Lipinski definition) is 9. The topological polar surface area (TPSA) is 226 Å². The van der Waals surface area contributed by atoms with Crippen molar-refractivity contribution in [3.63, 3.8) is 0 Å².